The standard InChI is InChI=1S/C20H26N6O/c1-20(18(27)26(2)19(21)25-20)17(13-8-4-3-5-9-13)24-16-12-22-14-10-6-7-11-15(14)23-16/h6-7,10-13,17H,3-5,8-9H2,1-2H3,(H2,21,25)(H,23,24)/t17?,20-/m1/s1. The Labute approximate surface area is 159 Å². The van der Waals surface area contributed by atoms with Gasteiger partial charge < -0.3 is 11.1 Å². The number of nitrogens with zero attached hydrogens (tertiary/aromatic N) is 4. The SMILES string of the molecule is CN1C(=O)[C@@](C)(C(Nc2cnc3ccccc3n2)C2CCCCC2)N=C1N. The van der Waals surface area contributed by atoms with Gasteiger partial charge in [-0.25, -0.2) is 9.98 Å². The van der Waals surface area contributed by atoms with Gasteiger partial charge in [0.25, 0.3) is 5.91 Å². The van der Waals surface area contributed by atoms with Crippen LogP contribution in [0.15, 0.2) is 35.5 Å². The van der Waals surface area contributed by atoms with E-state index in [-0.39, 0.29) is 17.9 Å². The summed E-state index contributed by atoms with van der Waals surface area (Å²) in [7, 11) is 1.68. The minimum absolute atomic E-state index is 0.0724. The normalized spacial score (nSPS) is 24.9. The Morgan fingerprint density at radius 3 is 2.59 bits per heavy atom. The van der Waals surface area contributed by atoms with Crippen molar-refractivity contribution < 1.29 is 4.79 Å². The first-order valence-corrected chi connectivity index (χ1v) is 9.61. The van der Waals surface area contributed by atoms with Crippen LogP contribution in [0.1, 0.15) is 39.0 Å². The third-order valence-electron chi connectivity index (χ3n) is 5.91. The molecule has 1 aromatic heterocycles. The molecule has 2 heterocycles. The van der Waals surface area contributed by atoms with Gasteiger partial charge in [-0.15, -0.1) is 0 Å². The van der Waals surface area contributed by atoms with E-state index in [4.69, 9.17) is 10.7 Å². The minimum Gasteiger partial charge on any atom is -0.369 e. The van der Waals surface area contributed by atoms with Gasteiger partial charge in [-0.1, -0.05) is 31.4 Å². The summed E-state index contributed by atoms with van der Waals surface area (Å²) in [5.41, 5.74) is 6.72. The number of likely N-dealkylation sites (N-methyl/N-ethyl adjacent to an activating group) is 1. The molecule has 4 rings (SSSR count). The van der Waals surface area contributed by atoms with Crippen LogP contribution in [0.4, 0.5) is 5.82 Å². The largest absolute Gasteiger partial charge is 0.369 e. The molecule has 0 saturated heterocycles. The molecule has 1 fully saturated rings. The summed E-state index contributed by atoms with van der Waals surface area (Å²) in [6.45, 7) is 1.88. The number of guanidine groups is 1. The molecule has 142 valence electrons. The molecule has 2 aromatic rings. The van der Waals surface area contributed by atoms with Crippen LogP contribution < -0.4 is 11.1 Å². The molecular formula is C20H26N6O. The first-order chi connectivity index (χ1) is 13.0. The Morgan fingerprint density at radius 1 is 1.22 bits per heavy atom. The molecule has 1 aliphatic heterocycles. The van der Waals surface area contributed by atoms with Crippen LogP contribution in [0.5, 0.6) is 0 Å². The number of para-hydroxylation sites is 2. The molecule has 3 N–H and O–H groups in total. The van der Waals surface area contributed by atoms with Crippen molar-refractivity contribution in [2.75, 3.05) is 12.4 Å². The molecule has 27 heavy (non-hydrogen) atoms. The number of benzene rings is 1. The predicted octanol–water partition coefficient (Wildman–Crippen LogP) is 2.54. The number of hydrogen-bond donors (Lipinski definition) is 2. The summed E-state index contributed by atoms with van der Waals surface area (Å²) < 4.78 is 0. The highest BCUT2D eigenvalue weighted by Crippen LogP contribution is 2.37. The highest BCUT2D eigenvalue weighted by atomic mass is 16.2. The van der Waals surface area contributed by atoms with Crippen molar-refractivity contribution in [1.82, 2.24) is 14.9 Å². The lowest BCUT2D eigenvalue weighted by Crippen LogP contribution is -2.54. The zero-order chi connectivity index (χ0) is 19.0. The zero-order valence-electron chi connectivity index (χ0n) is 15.9. The lowest BCUT2D eigenvalue weighted by Gasteiger charge is -2.38. The smallest absolute Gasteiger partial charge is 0.258 e. The molecule has 7 nitrogen and oxygen atoms in total. The number of aromatic nitrogens is 2. The van der Waals surface area contributed by atoms with Crippen LogP contribution in [-0.4, -0.2) is 45.4 Å². The monoisotopic (exact) mass is 366 g/mol. The maximum absolute atomic E-state index is 13.0. The average Bonchev–Trinajstić information content (AvgIpc) is 2.90. The van der Waals surface area contributed by atoms with Crippen LogP contribution >= 0.6 is 0 Å². The van der Waals surface area contributed by atoms with E-state index in [1.54, 1.807) is 13.2 Å². The number of carbonyl (C=O) groups is 1. The molecule has 1 aliphatic carbocycles. The third kappa shape index (κ3) is 3.11. The topological polar surface area (TPSA) is 96.5 Å². The lowest BCUT2D eigenvalue weighted by molar-refractivity contribution is -0.130. The van der Waals surface area contributed by atoms with Crippen molar-refractivity contribution in [3.05, 3.63) is 30.5 Å². The number of hydrogen-bond acceptors (Lipinski definition) is 6. The Balaban J connectivity index is 1.70. The molecule has 1 aromatic carbocycles. The van der Waals surface area contributed by atoms with Gasteiger partial charge in [0.1, 0.15) is 5.82 Å². The summed E-state index contributed by atoms with van der Waals surface area (Å²) in [4.78, 5) is 28.2. The summed E-state index contributed by atoms with van der Waals surface area (Å²) in [5, 5.41) is 3.51. The second-order valence-electron chi connectivity index (χ2n) is 7.75. The second-order valence-corrected chi connectivity index (χ2v) is 7.75. The van der Waals surface area contributed by atoms with Crippen molar-refractivity contribution in [2.24, 2.45) is 16.6 Å². The minimum atomic E-state index is -0.936. The molecule has 1 unspecified atom stereocenters. The summed E-state index contributed by atoms with van der Waals surface area (Å²) in [5.74, 6) is 1.21. The number of rotatable bonds is 4. The van der Waals surface area contributed by atoms with E-state index >= 15 is 0 Å². The summed E-state index contributed by atoms with van der Waals surface area (Å²) in [6.07, 6.45) is 7.46. The summed E-state index contributed by atoms with van der Waals surface area (Å²) >= 11 is 0. The summed E-state index contributed by atoms with van der Waals surface area (Å²) in [6, 6.07) is 7.59. The predicted molar refractivity (Wildman–Crippen MR) is 106 cm³/mol. The molecule has 0 bridgehead atoms. The molecule has 2 aliphatic rings. The Morgan fingerprint density at radius 2 is 1.93 bits per heavy atom. The number of anilines is 1. The Hall–Kier alpha value is -2.70. The van der Waals surface area contributed by atoms with Crippen molar-refractivity contribution in [3.63, 3.8) is 0 Å². The van der Waals surface area contributed by atoms with Gasteiger partial charge in [0.05, 0.1) is 23.3 Å². The first-order valence-electron chi connectivity index (χ1n) is 9.61. The number of nitrogens with one attached hydrogen (secondary N) is 1. The van der Waals surface area contributed by atoms with Gasteiger partial charge in [0.15, 0.2) is 11.5 Å². The Bertz CT molecular complexity index is 891. The van der Waals surface area contributed by atoms with Crippen LogP contribution in [0.25, 0.3) is 11.0 Å². The van der Waals surface area contributed by atoms with Crippen molar-refractivity contribution in [2.45, 2.75) is 50.6 Å². The first kappa shape index (κ1) is 17.7. The van der Waals surface area contributed by atoms with E-state index in [2.05, 4.69) is 15.3 Å². The van der Waals surface area contributed by atoms with Crippen LogP contribution in [0.3, 0.4) is 0 Å². The van der Waals surface area contributed by atoms with Gasteiger partial charge in [0.2, 0.25) is 0 Å². The number of carbonyl (C=O) groups excluding carboxylic acids is 1. The fourth-order valence-electron chi connectivity index (χ4n) is 4.38. The average molecular weight is 366 g/mol. The van der Waals surface area contributed by atoms with Gasteiger partial charge in [-0.05, 0) is 37.8 Å². The molecule has 1 saturated carbocycles. The quantitative estimate of drug-likeness (QED) is 0.867. The van der Waals surface area contributed by atoms with E-state index in [1.165, 1.54) is 24.2 Å². The molecule has 7 heteroatoms. The second kappa shape index (κ2) is 6.79. The van der Waals surface area contributed by atoms with E-state index < -0.39 is 5.54 Å². The maximum atomic E-state index is 13.0. The van der Waals surface area contributed by atoms with Gasteiger partial charge in [-0.2, -0.15) is 0 Å². The lowest BCUT2D eigenvalue weighted by atomic mass is 9.75. The van der Waals surface area contributed by atoms with E-state index in [0.29, 0.717) is 11.7 Å². The van der Waals surface area contributed by atoms with Crippen LogP contribution in [0.2, 0.25) is 0 Å². The number of aliphatic imine (C=N–C) groups is 1. The number of fused-ring (bicyclic) bond motifs is 1. The highest BCUT2D eigenvalue weighted by Gasteiger charge is 2.51. The molecule has 0 radical (unpaired) electrons. The zero-order valence-corrected chi connectivity index (χ0v) is 15.9. The highest BCUT2D eigenvalue weighted by molar-refractivity contribution is 6.07. The van der Waals surface area contributed by atoms with Crippen LogP contribution in [-0.2, 0) is 4.79 Å². The third-order valence-corrected chi connectivity index (χ3v) is 5.91. The fraction of sp³-hybridized carbons (Fsp3) is 0.500. The molecule has 1 amide bonds. The van der Waals surface area contributed by atoms with E-state index in [1.807, 2.05) is 31.2 Å². The maximum Gasteiger partial charge on any atom is 0.258 e. The fourth-order valence-corrected chi connectivity index (χ4v) is 4.38. The van der Waals surface area contributed by atoms with Gasteiger partial charge in [-0.3, -0.25) is 14.7 Å². The Kier molecular flexibility index (Phi) is 4.45. The molecular weight excluding hydrogens is 340 g/mol. The van der Waals surface area contributed by atoms with Crippen LogP contribution in [0, 0.1) is 5.92 Å². The molecule has 0 spiro atoms. The van der Waals surface area contributed by atoms with Gasteiger partial charge in [0, 0.05) is 7.05 Å². The number of nitrogens with two attached hydrogens (primary N) is 1. The van der Waals surface area contributed by atoms with E-state index in [9.17, 15) is 4.79 Å². The van der Waals surface area contributed by atoms with Crippen molar-refractivity contribution in [3.8, 4) is 0 Å². The number of amides is 1. The van der Waals surface area contributed by atoms with Crippen molar-refractivity contribution in [1.29, 1.82) is 0 Å². The van der Waals surface area contributed by atoms with Crippen molar-refractivity contribution >= 4 is 28.7 Å². The van der Waals surface area contributed by atoms with Gasteiger partial charge >= 0.3 is 0 Å². The molecule has 2 atom stereocenters. The van der Waals surface area contributed by atoms with E-state index in [0.717, 1.165) is 23.9 Å².